The molecule has 1 saturated heterocycles. The number of cyclic esters (lactones) is 1. The molecule has 1 saturated carbocycles. The van der Waals surface area contributed by atoms with Crippen LogP contribution >= 0.6 is 0 Å². The van der Waals surface area contributed by atoms with Gasteiger partial charge in [-0.05, 0) is 55.0 Å². The van der Waals surface area contributed by atoms with Gasteiger partial charge in [-0.25, -0.2) is 4.79 Å². The van der Waals surface area contributed by atoms with Crippen molar-refractivity contribution in [1.82, 2.24) is 19.4 Å². The minimum atomic E-state index is -0.434. The van der Waals surface area contributed by atoms with E-state index in [1.807, 2.05) is 47.9 Å². The summed E-state index contributed by atoms with van der Waals surface area (Å²) in [7, 11) is 0. The molecule has 0 atom stereocenters. The summed E-state index contributed by atoms with van der Waals surface area (Å²) in [6.45, 7) is 4.44. The van der Waals surface area contributed by atoms with Gasteiger partial charge in [0.05, 0.1) is 12.1 Å². The van der Waals surface area contributed by atoms with Crippen molar-refractivity contribution in [3.63, 3.8) is 0 Å². The van der Waals surface area contributed by atoms with Gasteiger partial charge in [-0.1, -0.05) is 18.2 Å². The number of amides is 2. The zero-order valence-electron chi connectivity index (χ0n) is 19.8. The van der Waals surface area contributed by atoms with Crippen LogP contribution in [-0.4, -0.2) is 57.6 Å². The summed E-state index contributed by atoms with van der Waals surface area (Å²) in [6, 6.07) is 11.9. The molecule has 180 valence electrons. The second kappa shape index (κ2) is 8.52. The van der Waals surface area contributed by atoms with Gasteiger partial charge in [-0.3, -0.25) is 19.5 Å². The van der Waals surface area contributed by atoms with Crippen molar-refractivity contribution in [3.05, 3.63) is 63.7 Å². The summed E-state index contributed by atoms with van der Waals surface area (Å²) < 4.78 is 6.92. The second-order valence-electron chi connectivity index (χ2n) is 9.82. The predicted molar refractivity (Wildman–Crippen MR) is 131 cm³/mol. The summed E-state index contributed by atoms with van der Waals surface area (Å²) in [4.78, 5) is 46.5. The number of ether oxygens (including phenoxy) is 1. The van der Waals surface area contributed by atoms with E-state index in [-0.39, 0.29) is 18.0 Å². The van der Waals surface area contributed by atoms with Gasteiger partial charge in [-0.2, -0.15) is 0 Å². The van der Waals surface area contributed by atoms with Gasteiger partial charge in [0.15, 0.2) is 0 Å². The number of carbonyl (C=O) groups excluding carboxylic acids is 2. The molecule has 1 aliphatic carbocycles. The highest BCUT2D eigenvalue weighted by Gasteiger charge is 2.31. The van der Waals surface area contributed by atoms with Crippen molar-refractivity contribution in [2.45, 2.75) is 39.3 Å². The Labute approximate surface area is 203 Å². The highest BCUT2D eigenvalue weighted by atomic mass is 16.6. The number of carbonyl (C=O) groups is 2. The summed E-state index contributed by atoms with van der Waals surface area (Å²) >= 11 is 0. The molecule has 3 aromatic rings. The Morgan fingerprint density at radius 2 is 1.97 bits per heavy atom. The Balaban J connectivity index is 1.40. The lowest BCUT2D eigenvalue weighted by molar-refractivity contribution is -0.132. The lowest BCUT2D eigenvalue weighted by Gasteiger charge is -2.32. The van der Waals surface area contributed by atoms with E-state index in [1.165, 1.54) is 4.90 Å². The molecule has 35 heavy (non-hydrogen) atoms. The number of rotatable bonds is 5. The van der Waals surface area contributed by atoms with Crippen molar-refractivity contribution in [1.29, 1.82) is 0 Å². The van der Waals surface area contributed by atoms with E-state index in [9.17, 15) is 14.4 Å². The standard InChI is InChI=1S/C27H28N4O4/c1-17-5-8-21-20(3-2-4-23(21)28-17)22-13-19-15-29(25(32)16-30-11-12-35-27(30)34)10-9-24(19)31(26(22)33)14-18-6-7-18/h2-5,8,13,18H,6-7,9-12,14-16H2,1H3. The molecule has 0 spiro atoms. The first-order valence-electron chi connectivity index (χ1n) is 12.3. The molecule has 2 aliphatic heterocycles. The van der Waals surface area contributed by atoms with Crippen LogP contribution in [0.15, 0.2) is 41.2 Å². The number of pyridine rings is 2. The number of hydrogen-bond donors (Lipinski definition) is 0. The van der Waals surface area contributed by atoms with E-state index in [1.54, 1.807) is 4.90 Å². The first-order chi connectivity index (χ1) is 17.0. The van der Waals surface area contributed by atoms with Crippen LogP contribution in [-0.2, 0) is 29.0 Å². The van der Waals surface area contributed by atoms with E-state index in [2.05, 4.69) is 4.98 Å². The van der Waals surface area contributed by atoms with Gasteiger partial charge in [0, 0.05) is 48.4 Å². The SMILES string of the molecule is Cc1ccc2c(-c3cc4c(n(CC5CC5)c3=O)CCN(C(=O)CN3CCOC3=O)C4)cccc2n1. The number of benzene rings is 1. The Morgan fingerprint density at radius 3 is 2.74 bits per heavy atom. The van der Waals surface area contributed by atoms with Crippen molar-refractivity contribution < 1.29 is 14.3 Å². The molecule has 6 rings (SSSR count). The molecule has 1 aromatic carbocycles. The molecule has 3 aliphatic rings. The first kappa shape index (κ1) is 21.8. The van der Waals surface area contributed by atoms with Gasteiger partial charge in [0.25, 0.3) is 5.56 Å². The second-order valence-corrected chi connectivity index (χ2v) is 9.82. The average molecular weight is 473 g/mol. The van der Waals surface area contributed by atoms with Crippen LogP contribution < -0.4 is 5.56 Å². The summed E-state index contributed by atoms with van der Waals surface area (Å²) in [5.41, 5.74) is 5.38. The third kappa shape index (κ3) is 4.07. The van der Waals surface area contributed by atoms with Crippen molar-refractivity contribution in [2.75, 3.05) is 26.2 Å². The average Bonchev–Trinajstić information content (AvgIpc) is 3.59. The number of hydrogen-bond acceptors (Lipinski definition) is 5. The summed E-state index contributed by atoms with van der Waals surface area (Å²) in [5.74, 6) is 0.450. The number of aryl methyl sites for hydroxylation is 1. The van der Waals surface area contributed by atoms with Crippen LogP contribution in [0.3, 0.4) is 0 Å². The first-order valence-corrected chi connectivity index (χ1v) is 12.3. The third-order valence-corrected chi connectivity index (χ3v) is 7.29. The van der Waals surface area contributed by atoms with Gasteiger partial charge in [0.2, 0.25) is 5.91 Å². The smallest absolute Gasteiger partial charge is 0.410 e. The highest BCUT2D eigenvalue weighted by molar-refractivity contribution is 5.94. The number of aromatic nitrogens is 2. The molecule has 0 bridgehead atoms. The van der Waals surface area contributed by atoms with E-state index < -0.39 is 6.09 Å². The normalized spacial score (nSPS) is 17.6. The molecular weight excluding hydrogens is 444 g/mol. The zero-order chi connectivity index (χ0) is 24.1. The maximum atomic E-state index is 13.8. The number of nitrogens with zero attached hydrogens (tertiary/aromatic N) is 4. The molecule has 0 N–H and O–H groups in total. The van der Waals surface area contributed by atoms with E-state index in [0.717, 1.165) is 52.8 Å². The van der Waals surface area contributed by atoms with Crippen molar-refractivity contribution >= 4 is 22.9 Å². The van der Waals surface area contributed by atoms with Crippen molar-refractivity contribution in [2.24, 2.45) is 5.92 Å². The van der Waals surface area contributed by atoms with Crippen LogP contribution in [0.1, 0.15) is 29.8 Å². The quantitative estimate of drug-likeness (QED) is 0.570. The summed E-state index contributed by atoms with van der Waals surface area (Å²) in [5, 5.41) is 0.949. The fourth-order valence-electron chi connectivity index (χ4n) is 5.20. The van der Waals surface area contributed by atoms with Gasteiger partial charge >= 0.3 is 6.09 Å². The lowest BCUT2D eigenvalue weighted by atomic mass is 9.96. The molecule has 8 heteroatoms. The summed E-state index contributed by atoms with van der Waals surface area (Å²) in [6.07, 6.45) is 2.50. The maximum absolute atomic E-state index is 13.8. The van der Waals surface area contributed by atoms with Crippen LogP contribution in [0.5, 0.6) is 0 Å². The Bertz CT molecular complexity index is 1410. The van der Waals surface area contributed by atoms with Crippen molar-refractivity contribution in [3.8, 4) is 11.1 Å². The molecule has 2 aromatic heterocycles. The molecule has 2 amide bonds. The lowest BCUT2D eigenvalue weighted by Crippen LogP contribution is -2.44. The zero-order valence-corrected chi connectivity index (χ0v) is 19.8. The molecule has 4 heterocycles. The molecular formula is C27H28N4O4. The van der Waals surface area contributed by atoms with E-state index >= 15 is 0 Å². The van der Waals surface area contributed by atoms with Crippen LogP contribution in [0.4, 0.5) is 4.79 Å². The van der Waals surface area contributed by atoms with Crippen LogP contribution in [0, 0.1) is 12.8 Å². The number of fused-ring (bicyclic) bond motifs is 2. The highest BCUT2D eigenvalue weighted by Crippen LogP contribution is 2.33. The van der Waals surface area contributed by atoms with E-state index in [4.69, 9.17) is 4.74 Å². The molecule has 0 unspecified atom stereocenters. The fourth-order valence-corrected chi connectivity index (χ4v) is 5.20. The molecule has 0 radical (unpaired) electrons. The monoisotopic (exact) mass is 472 g/mol. The van der Waals surface area contributed by atoms with Gasteiger partial charge in [-0.15, -0.1) is 0 Å². The third-order valence-electron chi connectivity index (χ3n) is 7.29. The van der Waals surface area contributed by atoms with Crippen LogP contribution in [0.2, 0.25) is 0 Å². The topological polar surface area (TPSA) is 84.7 Å². The molecule has 8 nitrogen and oxygen atoms in total. The van der Waals surface area contributed by atoms with Crippen LogP contribution in [0.25, 0.3) is 22.0 Å². The fraction of sp³-hybridized carbons (Fsp3) is 0.407. The van der Waals surface area contributed by atoms with Gasteiger partial charge < -0.3 is 14.2 Å². The minimum Gasteiger partial charge on any atom is -0.448 e. The molecule has 2 fully saturated rings. The Kier molecular flexibility index (Phi) is 5.31. The Hall–Kier alpha value is -3.68. The van der Waals surface area contributed by atoms with E-state index in [0.29, 0.717) is 44.1 Å². The Morgan fingerprint density at radius 1 is 1.11 bits per heavy atom. The predicted octanol–water partition coefficient (Wildman–Crippen LogP) is 3.12. The minimum absolute atomic E-state index is 0.0249. The van der Waals surface area contributed by atoms with Gasteiger partial charge in [0.1, 0.15) is 13.2 Å². The largest absolute Gasteiger partial charge is 0.448 e. The maximum Gasteiger partial charge on any atom is 0.410 e.